The van der Waals surface area contributed by atoms with E-state index in [-0.39, 0.29) is 11.7 Å². The van der Waals surface area contributed by atoms with Gasteiger partial charge in [0, 0.05) is 11.2 Å². The lowest BCUT2D eigenvalue weighted by Crippen LogP contribution is -2.60. The highest BCUT2D eigenvalue weighted by molar-refractivity contribution is 6.00. The van der Waals surface area contributed by atoms with E-state index in [0.717, 1.165) is 10.8 Å². The van der Waals surface area contributed by atoms with Gasteiger partial charge in [0.15, 0.2) is 0 Å². The van der Waals surface area contributed by atoms with E-state index in [1.54, 1.807) is 37.8 Å². The van der Waals surface area contributed by atoms with Crippen molar-refractivity contribution in [3.63, 3.8) is 0 Å². The summed E-state index contributed by atoms with van der Waals surface area (Å²) in [6.45, 7) is 14.9. The summed E-state index contributed by atoms with van der Waals surface area (Å²) in [6, 6.07) is 17.8. The van der Waals surface area contributed by atoms with Gasteiger partial charge in [-0.3, -0.25) is 9.59 Å². The minimum atomic E-state index is -1.06. The highest BCUT2D eigenvalue weighted by Crippen LogP contribution is 2.35. The van der Waals surface area contributed by atoms with Crippen molar-refractivity contribution in [3.05, 3.63) is 72.3 Å². The molecule has 3 N–H and O–H groups in total. The number of rotatable bonds is 10. The maximum absolute atomic E-state index is 14.6. The lowest BCUT2D eigenvalue weighted by atomic mass is 9.89. The normalized spacial score (nSPS) is 14.0. The fourth-order valence-electron chi connectivity index (χ4n) is 4.76. The van der Waals surface area contributed by atoms with E-state index in [9.17, 15) is 19.5 Å². The number of anilines is 1. The van der Waals surface area contributed by atoms with Crippen molar-refractivity contribution >= 4 is 34.4 Å². The fourth-order valence-corrected chi connectivity index (χ4v) is 4.76. The molecule has 0 aliphatic carbocycles. The number of nitrogens with one attached hydrogen (secondary N) is 2. The van der Waals surface area contributed by atoms with E-state index in [1.807, 2.05) is 77.1 Å². The van der Waals surface area contributed by atoms with Crippen LogP contribution in [0.1, 0.15) is 79.8 Å². The number of phenols is 1. The van der Waals surface area contributed by atoms with Crippen LogP contribution in [0.25, 0.3) is 10.8 Å². The number of fused-ring (bicyclic) bond motifs is 1. The topological polar surface area (TPSA) is 108 Å². The molecule has 0 saturated heterocycles. The first kappa shape index (κ1) is 32.4. The Labute approximate surface area is 249 Å². The summed E-state index contributed by atoms with van der Waals surface area (Å²) in [4.78, 5) is 43.3. The number of ether oxygens (including phenoxy) is 1. The van der Waals surface area contributed by atoms with Crippen molar-refractivity contribution in [3.8, 4) is 5.75 Å². The van der Waals surface area contributed by atoms with Crippen LogP contribution in [0.15, 0.2) is 66.7 Å². The molecule has 0 aromatic heterocycles. The van der Waals surface area contributed by atoms with Gasteiger partial charge in [0.05, 0.1) is 0 Å². The maximum atomic E-state index is 14.6. The Kier molecular flexibility index (Phi) is 10.3. The van der Waals surface area contributed by atoms with Crippen molar-refractivity contribution in [2.45, 2.75) is 91.5 Å². The van der Waals surface area contributed by atoms with E-state index < -0.39 is 41.1 Å². The molecule has 3 amide bonds. The van der Waals surface area contributed by atoms with Gasteiger partial charge in [-0.15, -0.1) is 0 Å². The molecule has 0 fully saturated rings. The number of nitrogens with zero attached hydrogens (tertiary/aromatic N) is 1. The third-order valence-electron chi connectivity index (χ3n) is 7.64. The van der Waals surface area contributed by atoms with E-state index in [0.29, 0.717) is 24.1 Å². The zero-order valence-electron chi connectivity index (χ0n) is 26.0. The van der Waals surface area contributed by atoms with Gasteiger partial charge in [0.25, 0.3) is 5.91 Å². The van der Waals surface area contributed by atoms with Gasteiger partial charge < -0.3 is 25.4 Å². The molecule has 3 atom stereocenters. The molecule has 0 spiro atoms. The average Bonchev–Trinajstić information content (AvgIpc) is 2.93. The Hall–Kier alpha value is -4.07. The molecule has 0 radical (unpaired) electrons. The van der Waals surface area contributed by atoms with Gasteiger partial charge in [-0.05, 0) is 87.6 Å². The Bertz CT molecular complexity index is 1390. The van der Waals surface area contributed by atoms with Crippen LogP contribution in [0.5, 0.6) is 5.75 Å². The third-order valence-corrected chi connectivity index (χ3v) is 7.64. The van der Waals surface area contributed by atoms with Crippen LogP contribution in [-0.4, -0.2) is 45.1 Å². The lowest BCUT2D eigenvalue weighted by molar-refractivity contribution is -0.148. The molecule has 3 rings (SSSR count). The molecule has 3 unspecified atom stereocenters. The number of carbonyl (C=O) groups excluding carboxylic acids is 3. The van der Waals surface area contributed by atoms with E-state index in [4.69, 9.17) is 4.74 Å². The van der Waals surface area contributed by atoms with Crippen LogP contribution >= 0.6 is 0 Å². The van der Waals surface area contributed by atoms with Gasteiger partial charge in [-0.2, -0.15) is 0 Å². The maximum Gasteiger partial charge on any atom is 0.408 e. The lowest BCUT2D eigenvalue weighted by Gasteiger charge is -2.45. The van der Waals surface area contributed by atoms with Crippen LogP contribution in [0.3, 0.4) is 0 Å². The zero-order chi connectivity index (χ0) is 31.2. The smallest absolute Gasteiger partial charge is 0.408 e. The standard InChI is InChI=1S/C34H45N3O5/c1-9-22(3)28(36-32(41)42-33(4,5)6)31(40)37(34(7,8)10-2)29(24-16-19-27(38)20-17-24)30(39)35-26-18-15-23-13-11-12-14-25(23)21-26/h11-22,28-29,38H,9-10H2,1-8H3,(H,35,39)(H,36,41). The van der Waals surface area contributed by atoms with E-state index >= 15 is 0 Å². The van der Waals surface area contributed by atoms with Gasteiger partial charge in [-0.1, -0.05) is 69.7 Å². The second-order valence-electron chi connectivity index (χ2n) is 12.4. The number of carbonyl (C=O) groups is 3. The Morgan fingerprint density at radius 1 is 0.905 bits per heavy atom. The number of phenolic OH excluding ortho intramolecular Hbond substituents is 1. The van der Waals surface area contributed by atoms with Crippen LogP contribution in [-0.2, 0) is 14.3 Å². The molecule has 0 aliphatic heterocycles. The largest absolute Gasteiger partial charge is 0.508 e. The van der Waals surface area contributed by atoms with Gasteiger partial charge in [0.2, 0.25) is 5.91 Å². The summed E-state index contributed by atoms with van der Waals surface area (Å²) in [5, 5.41) is 17.8. The number of benzene rings is 3. The van der Waals surface area contributed by atoms with E-state index in [2.05, 4.69) is 10.6 Å². The molecule has 8 nitrogen and oxygen atoms in total. The summed E-state index contributed by atoms with van der Waals surface area (Å²) in [7, 11) is 0. The van der Waals surface area contributed by atoms with Gasteiger partial charge in [0.1, 0.15) is 23.4 Å². The number of hydrogen-bond acceptors (Lipinski definition) is 5. The van der Waals surface area contributed by atoms with Crippen molar-refractivity contribution in [2.24, 2.45) is 5.92 Å². The second kappa shape index (κ2) is 13.3. The van der Waals surface area contributed by atoms with Crippen molar-refractivity contribution in [1.82, 2.24) is 10.2 Å². The summed E-state index contributed by atoms with van der Waals surface area (Å²) in [6.07, 6.45) is 0.452. The summed E-state index contributed by atoms with van der Waals surface area (Å²) in [5.74, 6) is -1.01. The molecule has 0 saturated carbocycles. The molecule has 8 heteroatoms. The molecule has 0 aliphatic rings. The predicted octanol–water partition coefficient (Wildman–Crippen LogP) is 7.18. The Morgan fingerprint density at radius 2 is 1.52 bits per heavy atom. The Morgan fingerprint density at radius 3 is 2.10 bits per heavy atom. The van der Waals surface area contributed by atoms with E-state index in [1.165, 1.54) is 12.1 Å². The average molecular weight is 576 g/mol. The minimum Gasteiger partial charge on any atom is -0.508 e. The number of alkyl carbamates (subject to hydrolysis) is 1. The SMILES string of the molecule is CCC(C)C(NC(=O)OC(C)(C)C)C(=O)N(C(C(=O)Nc1ccc2ccccc2c1)c1ccc(O)cc1)C(C)(C)CC. The number of aromatic hydroxyl groups is 1. The van der Waals surface area contributed by atoms with Crippen LogP contribution in [0, 0.1) is 5.92 Å². The van der Waals surface area contributed by atoms with Crippen molar-refractivity contribution < 1.29 is 24.2 Å². The fraction of sp³-hybridized carbons (Fsp3) is 0.441. The molecule has 226 valence electrons. The second-order valence-corrected chi connectivity index (χ2v) is 12.4. The number of hydrogen-bond donors (Lipinski definition) is 3. The van der Waals surface area contributed by atoms with Gasteiger partial charge >= 0.3 is 6.09 Å². The van der Waals surface area contributed by atoms with Crippen LogP contribution in [0.2, 0.25) is 0 Å². The molecule has 3 aromatic rings. The Balaban J connectivity index is 2.11. The first-order valence-electron chi connectivity index (χ1n) is 14.6. The minimum absolute atomic E-state index is 0.0455. The monoisotopic (exact) mass is 575 g/mol. The quantitative estimate of drug-likeness (QED) is 0.237. The van der Waals surface area contributed by atoms with Crippen LogP contribution < -0.4 is 10.6 Å². The number of amides is 3. The molecule has 0 heterocycles. The molecular weight excluding hydrogens is 530 g/mol. The van der Waals surface area contributed by atoms with Gasteiger partial charge in [-0.25, -0.2) is 4.79 Å². The summed E-state index contributed by atoms with van der Waals surface area (Å²) < 4.78 is 5.50. The molecule has 0 bridgehead atoms. The molecule has 3 aromatic carbocycles. The molecule has 42 heavy (non-hydrogen) atoms. The summed E-state index contributed by atoms with van der Waals surface area (Å²) in [5.41, 5.74) is -0.415. The zero-order valence-corrected chi connectivity index (χ0v) is 26.0. The first-order chi connectivity index (χ1) is 19.7. The highest BCUT2D eigenvalue weighted by atomic mass is 16.6. The van der Waals surface area contributed by atoms with Crippen molar-refractivity contribution in [2.75, 3.05) is 5.32 Å². The molecular formula is C34H45N3O5. The van der Waals surface area contributed by atoms with Crippen LogP contribution in [0.4, 0.5) is 10.5 Å². The highest BCUT2D eigenvalue weighted by Gasteiger charge is 2.44. The predicted molar refractivity (Wildman–Crippen MR) is 167 cm³/mol. The third kappa shape index (κ3) is 8.02. The first-order valence-corrected chi connectivity index (χ1v) is 14.6. The van der Waals surface area contributed by atoms with Crippen molar-refractivity contribution in [1.29, 1.82) is 0 Å². The summed E-state index contributed by atoms with van der Waals surface area (Å²) >= 11 is 0.